The van der Waals surface area contributed by atoms with E-state index in [2.05, 4.69) is 10.3 Å². The largest absolute Gasteiger partial charge is 0.298 e. The van der Waals surface area contributed by atoms with Gasteiger partial charge >= 0.3 is 0 Å². The molecule has 1 heterocycles. The molecule has 0 saturated heterocycles. The third-order valence-electron chi connectivity index (χ3n) is 1.33. The summed E-state index contributed by atoms with van der Waals surface area (Å²) < 4.78 is 1.56. The number of rotatable bonds is 3. The lowest BCUT2D eigenvalue weighted by Gasteiger charge is -1.91. The molecule has 0 saturated carbocycles. The second kappa shape index (κ2) is 3.27. The number of aromatic nitrogens is 3. The van der Waals surface area contributed by atoms with E-state index in [1.165, 1.54) is 6.92 Å². The molecule has 0 atom stereocenters. The summed E-state index contributed by atoms with van der Waals surface area (Å²) >= 11 is 0. The molecule has 0 aliphatic carbocycles. The van der Waals surface area contributed by atoms with Gasteiger partial charge in [-0.1, -0.05) is 12.1 Å². The lowest BCUT2D eigenvalue weighted by molar-refractivity contribution is -0.117. The Labute approximate surface area is 65.2 Å². The minimum atomic E-state index is 0.0950. The zero-order valence-electron chi connectivity index (χ0n) is 6.74. The predicted molar refractivity (Wildman–Crippen MR) is 40.1 cm³/mol. The van der Waals surface area contributed by atoms with Gasteiger partial charge in [0.2, 0.25) is 0 Å². The maximum absolute atomic E-state index is 10.6. The van der Waals surface area contributed by atoms with Crippen molar-refractivity contribution in [2.24, 2.45) is 0 Å². The van der Waals surface area contributed by atoms with E-state index in [-0.39, 0.29) is 5.78 Å². The van der Waals surface area contributed by atoms with Crippen LogP contribution in [-0.2, 0) is 17.8 Å². The zero-order valence-corrected chi connectivity index (χ0v) is 6.74. The van der Waals surface area contributed by atoms with Crippen LogP contribution in [0.1, 0.15) is 19.5 Å². The highest BCUT2D eigenvalue weighted by Crippen LogP contribution is 1.92. The molecule has 60 valence electrons. The van der Waals surface area contributed by atoms with Gasteiger partial charge in [0.15, 0.2) is 5.78 Å². The van der Waals surface area contributed by atoms with Crippen molar-refractivity contribution < 1.29 is 4.79 Å². The van der Waals surface area contributed by atoms with Crippen molar-refractivity contribution in [1.82, 2.24) is 15.0 Å². The summed E-state index contributed by atoms with van der Waals surface area (Å²) in [4.78, 5) is 10.6. The van der Waals surface area contributed by atoms with Gasteiger partial charge in [0.1, 0.15) is 6.54 Å². The van der Waals surface area contributed by atoms with E-state index in [1.54, 1.807) is 10.9 Å². The first-order chi connectivity index (χ1) is 5.22. The number of Topliss-reactive ketones (excluding diaryl/α,β-unsaturated/α-hetero) is 1. The van der Waals surface area contributed by atoms with Crippen molar-refractivity contribution in [3.8, 4) is 0 Å². The third-order valence-corrected chi connectivity index (χ3v) is 1.33. The molecule has 4 heteroatoms. The molecule has 0 amide bonds. The number of hydrogen-bond acceptors (Lipinski definition) is 3. The first kappa shape index (κ1) is 7.91. The maximum Gasteiger partial charge on any atom is 0.151 e. The fourth-order valence-corrected chi connectivity index (χ4v) is 0.806. The van der Waals surface area contributed by atoms with Crippen LogP contribution in [0, 0.1) is 0 Å². The van der Waals surface area contributed by atoms with Gasteiger partial charge in [0.25, 0.3) is 0 Å². The molecule has 0 bridgehead atoms. The maximum atomic E-state index is 10.6. The van der Waals surface area contributed by atoms with Crippen LogP contribution in [0.25, 0.3) is 0 Å². The highest BCUT2D eigenvalue weighted by atomic mass is 16.1. The average Bonchev–Trinajstić information content (AvgIpc) is 2.34. The second-order valence-electron chi connectivity index (χ2n) is 2.46. The zero-order chi connectivity index (χ0) is 8.27. The molecule has 0 N–H and O–H groups in total. The number of hydrogen-bond donors (Lipinski definition) is 0. The van der Waals surface area contributed by atoms with E-state index in [0.29, 0.717) is 6.54 Å². The topological polar surface area (TPSA) is 47.8 Å². The fourth-order valence-electron chi connectivity index (χ4n) is 0.806. The summed E-state index contributed by atoms with van der Waals surface area (Å²) in [5, 5.41) is 7.62. The Morgan fingerprint density at radius 1 is 1.73 bits per heavy atom. The monoisotopic (exact) mass is 153 g/mol. The number of ketones is 1. The van der Waals surface area contributed by atoms with Gasteiger partial charge in [-0.25, -0.2) is 4.68 Å². The molecule has 11 heavy (non-hydrogen) atoms. The molecule has 0 aliphatic heterocycles. The van der Waals surface area contributed by atoms with Gasteiger partial charge in [-0.15, -0.1) is 5.10 Å². The molecule has 0 unspecified atom stereocenters. The summed E-state index contributed by atoms with van der Waals surface area (Å²) in [6, 6.07) is 0. The molecule has 1 aromatic heterocycles. The van der Waals surface area contributed by atoms with Crippen molar-refractivity contribution in [2.45, 2.75) is 26.8 Å². The van der Waals surface area contributed by atoms with Crippen LogP contribution in [-0.4, -0.2) is 20.8 Å². The highest BCUT2D eigenvalue weighted by molar-refractivity contribution is 5.75. The van der Waals surface area contributed by atoms with Gasteiger partial charge in [0, 0.05) is 6.20 Å². The number of aryl methyl sites for hydroxylation is 1. The SMILES string of the molecule is CCc1cn(CC(C)=O)nn1. The average molecular weight is 153 g/mol. The Morgan fingerprint density at radius 3 is 2.91 bits per heavy atom. The van der Waals surface area contributed by atoms with Gasteiger partial charge < -0.3 is 0 Å². The number of carbonyl (C=O) groups is 1. The minimum Gasteiger partial charge on any atom is -0.298 e. The van der Waals surface area contributed by atoms with E-state index >= 15 is 0 Å². The van der Waals surface area contributed by atoms with E-state index < -0.39 is 0 Å². The fraction of sp³-hybridized carbons (Fsp3) is 0.571. The molecular formula is C7H11N3O. The first-order valence-corrected chi connectivity index (χ1v) is 3.61. The summed E-state index contributed by atoms with van der Waals surface area (Å²) in [5.41, 5.74) is 0.922. The molecule has 0 aromatic carbocycles. The molecule has 0 fully saturated rings. The van der Waals surface area contributed by atoms with Crippen molar-refractivity contribution in [3.05, 3.63) is 11.9 Å². The lowest BCUT2D eigenvalue weighted by Crippen LogP contribution is -2.06. The summed E-state index contributed by atoms with van der Waals surface area (Å²) in [6.45, 7) is 3.86. The van der Waals surface area contributed by atoms with E-state index in [9.17, 15) is 4.79 Å². The first-order valence-electron chi connectivity index (χ1n) is 3.61. The van der Waals surface area contributed by atoms with E-state index in [1.807, 2.05) is 6.92 Å². The van der Waals surface area contributed by atoms with Crippen LogP contribution in [0.4, 0.5) is 0 Å². The van der Waals surface area contributed by atoms with Crippen molar-refractivity contribution in [3.63, 3.8) is 0 Å². The minimum absolute atomic E-state index is 0.0950. The van der Waals surface area contributed by atoms with Crippen LogP contribution in [0.3, 0.4) is 0 Å². The summed E-state index contributed by atoms with van der Waals surface area (Å²) in [7, 11) is 0. The van der Waals surface area contributed by atoms with Crippen LogP contribution in [0.2, 0.25) is 0 Å². The van der Waals surface area contributed by atoms with Crippen LogP contribution in [0.5, 0.6) is 0 Å². The van der Waals surface area contributed by atoms with Crippen LogP contribution in [0.15, 0.2) is 6.20 Å². The molecule has 0 aliphatic rings. The Morgan fingerprint density at radius 2 is 2.45 bits per heavy atom. The van der Waals surface area contributed by atoms with Gasteiger partial charge in [-0.3, -0.25) is 4.79 Å². The van der Waals surface area contributed by atoms with Crippen LogP contribution >= 0.6 is 0 Å². The standard InChI is InChI=1S/C7H11N3O/c1-3-7-5-10(9-8-7)4-6(2)11/h5H,3-4H2,1-2H3. The Balaban J connectivity index is 2.65. The molecule has 0 spiro atoms. The quantitative estimate of drug-likeness (QED) is 0.632. The van der Waals surface area contributed by atoms with Gasteiger partial charge in [-0.2, -0.15) is 0 Å². The third kappa shape index (κ3) is 2.14. The van der Waals surface area contributed by atoms with E-state index in [4.69, 9.17) is 0 Å². The molecule has 4 nitrogen and oxygen atoms in total. The van der Waals surface area contributed by atoms with Crippen molar-refractivity contribution in [1.29, 1.82) is 0 Å². The normalized spacial score (nSPS) is 10.0. The highest BCUT2D eigenvalue weighted by Gasteiger charge is 1.99. The van der Waals surface area contributed by atoms with Gasteiger partial charge in [0.05, 0.1) is 5.69 Å². The Bertz CT molecular complexity index is 254. The number of carbonyl (C=O) groups excluding carboxylic acids is 1. The lowest BCUT2D eigenvalue weighted by atomic mass is 10.4. The molecule has 1 aromatic rings. The van der Waals surface area contributed by atoms with E-state index in [0.717, 1.165) is 12.1 Å². The molecular weight excluding hydrogens is 142 g/mol. The van der Waals surface area contributed by atoms with Crippen molar-refractivity contribution >= 4 is 5.78 Å². The van der Waals surface area contributed by atoms with Crippen LogP contribution < -0.4 is 0 Å². The smallest absolute Gasteiger partial charge is 0.151 e. The van der Waals surface area contributed by atoms with Crippen molar-refractivity contribution in [2.75, 3.05) is 0 Å². The second-order valence-corrected chi connectivity index (χ2v) is 2.46. The molecule has 0 radical (unpaired) electrons. The Kier molecular flexibility index (Phi) is 2.36. The summed E-state index contributed by atoms with van der Waals surface area (Å²) in [5.74, 6) is 0.0950. The Hall–Kier alpha value is -1.19. The predicted octanol–water partition coefficient (Wildman–Crippen LogP) is 0.429. The number of nitrogens with zero attached hydrogens (tertiary/aromatic N) is 3. The van der Waals surface area contributed by atoms with Gasteiger partial charge in [-0.05, 0) is 13.3 Å². The summed E-state index contributed by atoms with van der Waals surface area (Å²) in [6.07, 6.45) is 2.65. The molecule has 1 rings (SSSR count).